The molecule has 0 saturated heterocycles. The minimum Gasteiger partial charge on any atom is -0.397 e. The van der Waals surface area contributed by atoms with Crippen LogP contribution in [0, 0.1) is 0 Å². The van der Waals surface area contributed by atoms with Crippen LogP contribution in [0.1, 0.15) is 37.3 Å². The number of hydrogen-bond acceptors (Lipinski definition) is 4. The molecule has 1 heterocycles. The Labute approximate surface area is 124 Å². The van der Waals surface area contributed by atoms with Gasteiger partial charge in [-0.15, -0.1) is 0 Å². The number of methoxy groups -OCH3 is 1. The SMILES string of the molecule is COCCNC(=O)C(C)NC(=O)c1cc(N)cn1C(C)C. The van der Waals surface area contributed by atoms with Crippen LogP contribution in [0.3, 0.4) is 0 Å². The number of nitrogens with zero attached hydrogens (tertiary/aromatic N) is 1. The first-order chi connectivity index (χ1) is 9.86. The molecule has 7 heteroatoms. The van der Waals surface area contributed by atoms with Crippen molar-refractivity contribution in [2.24, 2.45) is 0 Å². The number of carbonyl (C=O) groups excluding carboxylic acids is 2. The van der Waals surface area contributed by atoms with Crippen molar-refractivity contribution in [2.75, 3.05) is 26.0 Å². The van der Waals surface area contributed by atoms with Gasteiger partial charge in [0, 0.05) is 25.9 Å². The van der Waals surface area contributed by atoms with Crippen LogP contribution in [-0.4, -0.2) is 42.7 Å². The summed E-state index contributed by atoms with van der Waals surface area (Å²) in [6.07, 6.45) is 1.71. The fourth-order valence-corrected chi connectivity index (χ4v) is 1.88. The van der Waals surface area contributed by atoms with E-state index in [4.69, 9.17) is 10.5 Å². The van der Waals surface area contributed by atoms with Crippen LogP contribution in [0.2, 0.25) is 0 Å². The molecule has 0 aliphatic rings. The van der Waals surface area contributed by atoms with E-state index in [2.05, 4.69) is 10.6 Å². The Morgan fingerprint density at radius 2 is 2.05 bits per heavy atom. The summed E-state index contributed by atoms with van der Waals surface area (Å²) in [5.74, 6) is -0.578. The molecular formula is C14H24N4O3. The van der Waals surface area contributed by atoms with E-state index in [1.54, 1.807) is 30.9 Å². The molecule has 0 saturated carbocycles. The Kier molecular flexibility index (Phi) is 6.23. The molecular weight excluding hydrogens is 272 g/mol. The molecule has 1 aromatic rings. The van der Waals surface area contributed by atoms with Crippen LogP contribution in [0.15, 0.2) is 12.3 Å². The van der Waals surface area contributed by atoms with E-state index in [0.29, 0.717) is 24.5 Å². The van der Waals surface area contributed by atoms with Crippen LogP contribution < -0.4 is 16.4 Å². The van der Waals surface area contributed by atoms with Gasteiger partial charge < -0.3 is 25.7 Å². The average Bonchev–Trinajstić information content (AvgIpc) is 2.81. The topological polar surface area (TPSA) is 98.4 Å². The second kappa shape index (κ2) is 7.68. The number of anilines is 1. The van der Waals surface area contributed by atoms with Gasteiger partial charge in [-0.2, -0.15) is 0 Å². The molecule has 1 unspecified atom stereocenters. The summed E-state index contributed by atoms with van der Waals surface area (Å²) in [6, 6.07) is 1.07. The maximum Gasteiger partial charge on any atom is 0.268 e. The molecule has 0 aromatic carbocycles. The Hall–Kier alpha value is -2.02. The number of rotatable bonds is 7. The number of hydrogen-bond donors (Lipinski definition) is 3. The zero-order valence-corrected chi connectivity index (χ0v) is 13.0. The van der Waals surface area contributed by atoms with Crippen LogP contribution in [0.4, 0.5) is 5.69 Å². The van der Waals surface area contributed by atoms with E-state index in [1.807, 2.05) is 13.8 Å². The van der Waals surface area contributed by atoms with Gasteiger partial charge in [0.25, 0.3) is 5.91 Å². The number of aromatic nitrogens is 1. The van der Waals surface area contributed by atoms with Crippen molar-refractivity contribution >= 4 is 17.5 Å². The van der Waals surface area contributed by atoms with Crippen LogP contribution in [-0.2, 0) is 9.53 Å². The summed E-state index contributed by atoms with van der Waals surface area (Å²) in [5.41, 5.74) is 6.70. The molecule has 21 heavy (non-hydrogen) atoms. The number of nitrogens with two attached hydrogens (primary N) is 1. The zero-order chi connectivity index (χ0) is 16.0. The normalized spacial score (nSPS) is 12.2. The molecule has 7 nitrogen and oxygen atoms in total. The fraction of sp³-hybridized carbons (Fsp3) is 0.571. The third-order valence-corrected chi connectivity index (χ3v) is 3.00. The van der Waals surface area contributed by atoms with E-state index >= 15 is 0 Å². The van der Waals surface area contributed by atoms with Crippen molar-refractivity contribution in [2.45, 2.75) is 32.9 Å². The highest BCUT2D eigenvalue weighted by Crippen LogP contribution is 2.16. The highest BCUT2D eigenvalue weighted by Gasteiger charge is 2.20. The lowest BCUT2D eigenvalue weighted by Crippen LogP contribution is -2.46. The Balaban J connectivity index is 2.66. The second-order valence-electron chi connectivity index (χ2n) is 5.14. The molecule has 0 aliphatic carbocycles. The van der Waals surface area contributed by atoms with E-state index in [0.717, 1.165) is 0 Å². The molecule has 4 N–H and O–H groups in total. The number of nitrogen functional groups attached to an aromatic ring is 1. The first-order valence-corrected chi connectivity index (χ1v) is 6.91. The van der Waals surface area contributed by atoms with Crippen LogP contribution in [0.5, 0.6) is 0 Å². The molecule has 0 bridgehead atoms. The Bertz CT molecular complexity index is 496. The smallest absolute Gasteiger partial charge is 0.268 e. The van der Waals surface area contributed by atoms with Gasteiger partial charge in [0.1, 0.15) is 11.7 Å². The van der Waals surface area contributed by atoms with Gasteiger partial charge >= 0.3 is 0 Å². The molecule has 1 atom stereocenters. The van der Waals surface area contributed by atoms with E-state index < -0.39 is 6.04 Å². The molecule has 0 radical (unpaired) electrons. The van der Waals surface area contributed by atoms with Crippen molar-refractivity contribution < 1.29 is 14.3 Å². The third-order valence-electron chi connectivity index (χ3n) is 3.00. The number of ether oxygens (including phenoxy) is 1. The monoisotopic (exact) mass is 296 g/mol. The van der Waals surface area contributed by atoms with Gasteiger partial charge in [-0.1, -0.05) is 0 Å². The molecule has 0 aliphatic heterocycles. The first kappa shape index (κ1) is 17.0. The Morgan fingerprint density at radius 1 is 1.38 bits per heavy atom. The summed E-state index contributed by atoms with van der Waals surface area (Å²) >= 11 is 0. The van der Waals surface area contributed by atoms with Crippen molar-refractivity contribution in [1.29, 1.82) is 0 Å². The quantitative estimate of drug-likeness (QED) is 0.639. The molecule has 0 fully saturated rings. The minimum absolute atomic E-state index is 0.105. The largest absolute Gasteiger partial charge is 0.397 e. The summed E-state index contributed by atoms with van der Waals surface area (Å²) in [6.45, 7) is 6.38. The predicted octanol–water partition coefficient (Wildman–Crippen LogP) is 0.532. The van der Waals surface area contributed by atoms with E-state index in [-0.39, 0.29) is 17.9 Å². The molecule has 2 amide bonds. The van der Waals surface area contributed by atoms with Crippen LogP contribution in [0.25, 0.3) is 0 Å². The lowest BCUT2D eigenvalue weighted by molar-refractivity contribution is -0.122. The average molecular weight is 296 g/mol. The fourth-order valence-electron chi connectivity index (χ4n) is 1.88. The minimum atomic E-state index is -0.633. The molecule has 1 rings (SSSR count). The maximum absolute atomic E-state index is 12.2. The molecule has 0 spiro atoms. The second-order valence-corrected chi connectivity index (χ2v) is 5.14. The third kappa shape index (κ3) is 4.78. The highest BCUT2D eigenvalue weighted by atomic mass is 16.5. The Morgan fingerprint density at radius 3 is 2.62 bits per heavy atom. The van der Waals surface area contributed by atoms with Crippen molar-refractivity contribution in [3.05, 3.63) is 18.0 Å². The van der Waals surface area contributed by atoms with Crippen molar-refractivity contribution in [3.8, 4) is 0 Å². The van der Waals surface area contributed by atoms with Gasteiger partial charge in [-0.3, -0.25) is 9.59 Å². The van der Waals surface area contributed by atoms with Gasteiger partial charge in [0.15, 0.2) is 0 Å². The van der Waals surface area contributed by atoms with Crippen molar-refractivity contribution in [1.82, 2.24) is 15.2 Å². The summed E-state index contributed by atoms with van der Waals surface area (Å²) in [5, 5.41) is 5.34. The lowest BCUT2D eigenvalue weighted by atomic mass is 10.2. The van der Waals surface area contributed by atoms with Gasteiger partial charge in [0.2, 0.25) is 5.91 Å². The van der Waals surface area contributed by atoms with Gasteiger partial charge in [-0.05, 0) is 26.8 Å². The number of nitrogens with one attached hydrogen (secondary N) is 2. The summed E-state index contributed by atoms with van der Waals surface area (Å²) in [7, 11) is 1.56. The summed E-state index contributed by atoms with van der Waals surface area (Å²) in [4.78, 5) is 24.0. The van der Waals surface area contributed by atoms with Gasteiger partial charge in [-0.25, -0.2) is 0 Å². The van der Waals surface area contributed by atoms with E-state index in [9.17, 15) is 9.59 Å². The van der Waals surface area contributed by atoms with Crippen LogP contribution >= 0.6 is 0 Å². The number of amides is 2. The van der Waals surface area contributed by atoms with Crippen molar-refractivity contribution in [3.63, 3.8) is 0 Å². The maximum atomic E-state index is 12.2. The van der Waals surface area contributed by atoms with Gasteiger partial charge in [0.05, 0.1) is 12.3 Å². The predicted molar refractivity (Wildman–Crippen MR) is 81.0 cm³/mol. The van der Waals surface area contributed by atoms with E-state index in [1.165, 1.54) is 0 Å². The standard InChI is InChI=1S/C14H24N4O3/c1-9(2)18-8-11(15)7-12(18)14(20)17-10(3)13(19)16-5-6-21-4/h7-10H,5-6,15H2,1-4H3,(H,16,19)(H,17,20). The lowest BCUT2D eigenvalue weighted by Gasteiger charge is -2.16. The zero-order valence-electron chi connectivity index (χ0n) is 13.0. The first-order valence-electron chi connectivity index (χ1n) is 6.91. The molecule has 1 aromatic heterocycles. The number of carbonyl (C=O) groups is 2. The summed E-state index contributed by atoms with van der Waals surface area (Å²) < 4.78 is 6.63. The highest BCUT2D eigenvalue weighted by molar-refractivity contribution is 5.97. The molecule has 118 valence electrons.